The summed E-state index contributed by atoms with van der Waals surface area (Å²) in [7, 11) is 0. The van der Waals surface area contributed by atoms with Crippen LogP contribution in [0.1, 0.15) is 69.2 Å². The molecule has 2 heteroatoms. The van der Waals surface area contributed by atoms with Gasteiger partial charge < -0.3 is 5.32 Å². The molecule has 3 rings (SSSR count). The third-order valence-corrected chi connectivity index (χ3v) is 6.44. The van der Waals surface area contributed by atoms with Crippen LogP contribution >= 0.6 is 11.3 Å². The van der Waals surface area contributed by atoms with Gasteiger partial charge in [0.25, 0.3) is 0 Å². The molecule has 20 heavy (non-hydrogen) atoms. The van der Waals surface area contributed by atoms with Crippen molar-refractivity contribution in [2.45, 2.75) is 64.3 Å². The average Bonchev–Trinajstić information content (AvgIpc) is 3.14. The minimum absolute atomic E-state index is 0.636. The number of rotatable bonds is 5. The van der Waals surface area contributed by atoms with Gasteiger partial charge in [-0.25, -0.2) is 0 Å². The zero-order chi connectivity index (χ0) is 13.8. The summed E-state index contributed by atoms with van der Waals surface area (Å²) in [5, 5.41) is 6.20. The highest BCUT2D eigenvalue weighted by Gasteiger charge is 2.28. The highest BCUT2D eigenvalue weighted by atomic mass is 32.1. The molecule has 2 saturated carbocycles. The lowest BCUT2D eigenvalue weighted by Gasteiger charge is -2.30. The Labute approximate surface area is 128 Å². The number of hydrogen-bond acceptors (Lipinski definition) is 2. The molecule has 112 valence electrons. The summed E-state index contributed by atoms with van der Waals surface area (Å²) in [6.45, 7) is 3.66. The molecular formula is C18H29NS. The van der Waals surface area contributed by atoms with Gasteiger partial charge in [-0.3, -0.25) is 0 Å². The maximum absolute atomic E-state index is 3.96. The molecule has 1 atom stereocenters. The molecule has 1 heterocycles. The largest absolute Gasteiger partial charge is 0.309 e. The molecule has 0 amide bonds. The highest BCUT2D eigenvalue weighted by molar-refractivity contribution is 7.10. The van der Waals surface area contributed by atoms with Crippen molar-refractivity contribution in [3.63, 3.8) is 0 Å². The number of thiophene rings is 1. The van der Waals surface area contributed by atoms with Crippen LogP contribution in [0.4, 0.5) is 0 Å². The molecule has 1 unspecified atom stereocenters. The predicted octanol–water partition coefficient (Wildman–Crippen LogP) is 5.40. The topological polar surface area (TPSA) is 12.0 Å². The lowest BCUT2D eigenvalue weighted by atomic mass is 9.82. The molecule has 1 aromatic rings. The van der Waals surface area contributed by atoms with Crippen LogP contribution < -0.4 is 5.32 Å². The molecule has 0 spiro atoms. The van der Waals surface area contributed by atoms with Crippen LogP contribution in [0.5, 0.6) is 0 Å². The Hall–Kier alpha value is -0.340. The summed E-state index contributed by atoms with van der Waals surface area (Å²) in [5.74, 6) is 2.78. The van der Waals surface area contributed by atoms with E-state index in [0.717, 1.165) is 17.8 Å². The van der Waals surface area contributed by atoms with Crippen molar-refractivity contribution in [3.8, 4) is 0 Å². The Morgan fingerprint density at radius 3 is 2.55 bits per heavy atom. The average molecular weight is 292 g/mol. The van der Waals surface area contributed by atoms with Crippen molar-refractivity contribution >= 4 is 11.3 Å². The standard InChI is InChI=1S/C18H29NS/c1-14-8-10-15(11-9-14)13-19-18(16-5-2-3-6-16)17-7-4-12-20-17/h4,7,12,14-16,18-19H,2-3,5-6,8-11,13H2,1H3. The SMILES string of the molecule is CC1CCC(CNC(c2cccs2)C2CCCC2)CC1. The molecule has 2 fully saturated rings. The fraction of sp³-hybridized carbons (Fsp3) is 0.778. The Morgan fingerprint density at radius 2 is 1.90 bits per heavy atom. The van der Waals surface area contributed by atoms with Gasteiger partial charge in [0.15, 0.2) is 0 Å². The maximum Gasteiger partial charge on any atom is 0.0443 e. The van der Waals surface area contributed by atoms with Gasteiger partial charge in [0.2, 0.25) is 0 Å². The fourth-order valence-electron chi connectivity index (χ4n) is 4.09. The summed E-state index contributed by atoms with van der Waals surface area (Å²) in [4.78, 5) is 1.57. The van der Waals surface area contributed by atoms with Crippen molar-refractivity contribution < 1.29 is 0 Å². The van der Waals surface area contributed by atoms with Gasteiger partial charge in [-0.15, -0.1) is 11.3 Å². The summed E-state index contributed by atoms with van der Waals surface area (Å²) in [6.07, 6.45) is 11.5. The van der Waals surface area contributed by atoms with E-state index in [1.54, 1.807) is 4.88 Å². The summed E-state index contributed by atoms with van der Waals surface area (Å²) >= 11 is 1.94. The van der Waals surface area contributed by atoms with Crippen LogP contribution in [0.25, 0.3) is 0 Å². The van der Waals surface area contributed by atoms with Gasteiger partial charge >= 0.3 is 0 Å². The lowest BCUT2D eigenvalue weighted by Crippen LogP contribution is -2.32. The van der Waals surface area contributed by atoms with E-state index in [2.05, 4.69) is 29.8 Å². The highest BCUT2D eigenvalue weighted by Crippen LogP contribution is 2.38. The van der Waals surface area contributed by atoms with E-state index in [0.29, 0.717) is 6.04 Å². The van der Waals surface area contributed by atoms with Crippen LogP contribution in [-0.4, -0.2) is 6.54 Å². The fourth-order valence-corrected chi connectivity index (χ4v) is 4.98. The normalized spacial score (nSPS) is 29.6. The molecule has 2 aliphatic carbocycles. The first-order chi connectivity index (χ1) is 9.83. The van der Waals surface area contributed by atoms with Gasteiger partial charge in [-0.1, -0.05) is 38.7 Å². The van der Waals surface area contributed by atoms with E-state index in [9.17, 15) is 0 Å². The molecule has 0 aliphatic heterocycles. The second-order valence-corrected chi connectivity index (χ2v) is 8.05. The second kappa shape index (κ2) is 7.09. The van der Waals surface area contributed by atoms with Crippen molar-refractivity contribution in [2.75, 3.05) is 6.54 Å². The number of nitrogens with one attached hydrogen (secondary N) is 1. The third kappa shape index (κ3) is 3.65. The van der Waals surface area contributed by atoms with Crippen molar-refractivity contribution in [2.24, 2.45) is 17.8 Å². The monoisotopic (exact) mass is 291 g/mol. The second-order valence-electron chi connectivity index (χ2n) is 7.07. The molecule has 0 aromatic carbocycles. The quantitative estimate of drug-likeness (QED) is 0.766. The molecule has 2 aliphatic rings. The zero-order valence-corrected chi connectivity index (χ0v) is 13.6. The van der Waals surface area contributed by atoms with E-state index < -0.39 is 0 Å². The van der Waals surface area contributed by atoms with Gasteiger partial charge in [0.05, 0.1) is 0 Å². The molecule has 0 bridgehead atoms. The number of hydrogen-bond donors (Lipinski definition) is 1. The minimum atomic E-state index is 0.636. The molecule has 0 radical (unpaired) electrons. The molecule has 1 nitrogen and oxygen atoms in total. The maximum atomic E-state index is 3.96. The van der Waals surface area contributed by atoms with E-state index >= 15 is 0 Å². The Bertz CT molecular complexity index is 372. The van der Waals surface area contributed by atoms with Gasteiger partial charge in [0.1, 0.15) is 0 Å². The zero-order valence-electron chi connectivity index (χ0n) is 12.8. The van der Waals surface area contributed by atoms with Crippen LogP contribution in [0.3, 0.4) is 0 Å². The van der Waals surface area contributed by atoms with Gasteiger partial charge in [-0.05, 0) is 61.4 Å². The molecule has 0 saturated heterocycles. The van der Waals surface area contributed by atoms with Gasteiger partial charge in [-0.2, -0.15) is 0 Å². The lowest BCUT2D eigenvalue weighted by molar-refractivity contribution is 0.260. The first-order valence-electron chi connectivity index (χ1n) is 8.59. The van der Waals surface area contributed by atoms with Crippen molar-refractivity contribution in [1.82, 2.24) is 5.32 Å². The Morgan fingerprint density at radius 1 is 1.15 bits per heavy atom. The van der Waals surface area contributed by atoms with Gasteiger partial charge in [0, 0.05) is 10.9 Å². The predicted molar refractivity (Wildman–Crippen MR) is 88.1 cm³/mol. The third-order valence-electron chi connectivity index (χ3n) is 5.48. The summed E-state index contributed by atoms with van der Waals surface area (Å²) < 4.78 is 0. The molecule has 1 aromatic heterocycles. The Kier molecular flexibility index (Phi) is 5.17. The summed E-state index contributed by atoms with van der Waals surface area (Å²) in [6, 6.07) is 5.19. The smallest absolute Gasteiger partial charge is 0.0443 e. The van der Waals surface area contributed by atoms with Crippen molar-refractivity contribution in [3.05, 3.63) is 22.4 Å². The first kappa shape index (κ1) is 14.6. The van der Waals surface area contributed by atoms with Crippen molar-refractivity contribution in [1.29, 1.82) is 0 Å². The molecular weight excluding hydrogens is 262 g/mol. The van der Waals surface area contributed by atoms with E-state index in [1.807, 2.05) is 11.3 Å². The van der Waals surface area contributed by atoms with E-state index in [1.165, 1.54) is 57.9 Å². The summed E-state index contributed by atoms with van der Waals surface area (Å²) in [5.41, 5.74) is 0. The van der Waals surface area contributed by atoms with Crippen LogP contribution in [-0.2, 0) is 0 Å². The van der Waals surface area contributed by atoms with Crippen LogP contribution in [0.2, 0.25) is 0 Å². The molecule has 1 N–H and O–H groups in total. The van der Waals surface area contributed by atoms with E-state index in [4.69, 9.17) is 0 Å². The van der Waals surface area contributed by atoms with Crippen LogP contribution in [0, 0.1) is 17.8 Å². The Balaban J connectivity index is 1.56. The van der Waals surface area contributed by atoms with E-state index in [-0.39, 0.29) is 0 Å². The first-order valence-corrected chi connectivity index (χ1v) is 9.47. The minimum Gasteiger partial charge on any atom is -0.309 e. The van der Waals surface area contributed by atoms with Crippen LogP contribution in [0.15, 0.2) is 17.5 Å².